The van der Waals surface area contributed by atoms with Crippen LogP contribution in [-0.2, 0) is 25.7 Å². The van der Waals surface area contributed by atoms with Crippen LogP contribution in [0.4, 0.5) is 4.79 Å². The number of hydrogen-bond acceptors (Lipinski definition) is 11. The zero-order valence-corrected chi connectivity index (χ0v) is 31.7. The van der Waals surface area contributed by atoms with Gasteiger partial charge in [0, 0.05) is 37.7 Å². The first-order valence-corrected chi connectivity index (χ1v) is 19.6. The molecule has 0 bridgehead atoms. The lowest BCUT2D eigenvalue weighted by Gasteiger charge is -2.59. The van der Waals surface area contributed by atoms with Crippen LogP contribution in [0.2, 0.25) is 0 Å². The number of hydrogen-bond donors (Lipinski definition) is 4. The molecule has 2 aromatic rings. The van der Waals surface area contributed by atoms with Crippen LogP contribution < -0.4 is 4.74 Å². The van der Waals surface area contributed by atoms with E-state index in [1.807, 2.05) is 30.3 Å². The number of phenols is 1. The molecular weight excluding hydrogens is 716 g/mol. The number of aliphatic hydroxyl groups excluding tert-OH is 3. The molecule has 6 unspecified atom stereocenters. The minimum absolute atomic E-state index is 0.00919. The molecule has 6 atom stereocenters. The summed E-state index contributed by atoms with van der Waals surface area (Å²) in [6, 6.07) is 14.0. The number of carbonyl (C=O) groups is 1. The number of alkyl halides is 1. The van der Waals surface area contributed by atoms with Gasteiger partial charge >= 0.3 is 6.09 Å². The Morgan fingerprint density at radius 3 is 2.52 bits per heavy atom. The maximum Gasteiger partial charge on any atom is 0.410 e. The van der Waals surface area contributed by atoms with E-state index >= 15 is 0 Å². The second-order valence-corrected chi connectivity index (χ2v) is 14.3. The Hall–Kier alpha value is -3.65. The van der Waals surface area contributed by atoms with Gasteiger partial charge in [-0.05, 0) is 66.9 Å². The number of carbonyl (C=O) groups excluding carboxylic acids is 1. The number of benzene rings is 2. The largest absolute Gasteiger partial charge is 0.508 e. The number of rotatable bonds is 22. The summed E-state index contributed by atoms with van der Waals surface area (Å²) in [4.78, 5) is 21.7. The number of unbranched alkanes of at least 4 members (excludes halogenated alkanes) is 2. The van der Waals surface area contributed by atoms with Crippen molar-refractivity contribution in [2.45, 2.75) is 69.3 Å². The van der Waals surface area contributed by atoms with Gasteiger partial charge in [0.25, 0.3) is 0 Å². The topological polar surface area (TPSA) is 160 Å². The number of aliphatic hydroxyl groups is 3. The third-order valence-corrected chi connectivity index (χ3v) is 10.7. The van der Waals surface area contributed by atoms with Gasteiger partial charge in [-0.3, -0.25) is 4.90 Å². The Morgan fingerprint density at radius 2 is 1.80 bits per heavy atom. The van der Waals surface area contributed by atoms with Gasteiger partial charge in [0.2, 0.25) is 5.79 Å². The van der Waals surface area contributed by atoms with Gasteiger partial charge in [-0.15, -0.1) is 18.2 Å². The number of amides is 1. The van der Waals surface area contributed by atoms with Crippen molar-refractivity contribution in [3.8, 4) is 11.5 Å². The predicted molar refractivity (Wildman–Crippen MR) is 205 cm³/mol. The number of nitrogens with zero attached hydrogens (tertiary/aromatic N) is 2. The molecule has 12 nitrogen and oxygen atoms in total. The fraction of sp³-hybridized carbons (Fsp3) is 0.561. The summed E-state index contributed by atoms with van der Waals surface area (Å²) in [6.07, 6.45) is 7.85. The smallest absolute Gasteiger partial charge is 0.410 e. The summed E-state index contributed by atoms with van der Waals surface area (Å²) >= 11 is 5.98. The normalized spacial score (nSPS) is 24.9. The van der Waals surface area contributed by atoms with Crippen LogP contribution in [0.5, 0.6) is 11.5 Å². The Morgan fingerprint density at radius 1 is 1.02 bits per heavy atom. The van der Waals surface area contributed by atoms with Crippen LogP contribution >= 0.6 is 11.6 Å². The molecule has 296 valence electrons. The number of aromatic hydroxyl groups is 1. The quantitative estimate of drug-likeness (QED) is 0.0491. The van der Waals surface area contributed by atoms with Crippen LogP contribution in [0.15, 0.2) is 78.0 Å². The second kappa shape index (κ2) is 20.9. The number of oxime groups is 1. The molecule has 1 amide bonds. The van der Waals surface area contributed by atoms with Gasteiger partial charge in [-0.25, -0.2) is 4.79 Å². The van der Waals surface area contributed by atoms with Crippen molar-refractivity contribution < 1.29 is 49.0 Å². The van der Waals surface area contributed by atoms with Gasteiger partial charge in [0.1, 0.15) is 30.8 Å². The Labute approximate surface area is 322 Å². The zero-order valence-electron chi connectivity index (χ0n) is 30.9. The van der Waals surface area contributed by atoms with Gasteiger partial charge < -0.3 is 44.2 Å². The fourth-order valence-corrected chi connectivity index (χ4v) is 8.41. The highest BCUT2D eigenvalue weighted by molar-refractivity contribution is 6.18. The van der Waals surface area contributed by atoms with Gasteiger partial charge in [0.05, 0.1) is 43.9 Å². The molecule has 13 heteroatoms. The van der Waals surface area contributed by atoms with Crippen LogP contribution in [0.1, 0.15) is 62.0 Å². The first-order chi connectivity index (χ1) is 26.4. The van der Waals surface area contributed by atoms with E-state index in [-0.39, 0.29) is 95.2 Å². The molecule has 0 spiro atoms. The first-order valence-electron chi connectivity index (χ1n) is 19.0. The molecular formula is C41H55ClN2O10. The number of halogens is 1. The Balaban J connectivity index is 1.73. The van der Waals surface area contributed by atoms with Crippen LogP contribution in [0.3, 0.4) is 0 Å². The highest BCUT2D eigenvalue weighted by atomic mass is 35.5. The number of fused-ring (bicyclic) bond motifs is 2. The molecule has 0 saturated heterocycles. The monoisotopic (exact) mass is 770 g/mol. The zero-order chi connectivity index (χ0) is 38.3. The van der Waals surface area contributed by atoms with Crippen molar-refractivity contribution in [1.29, 1.82) is 0 Å². The predicted octanol–water partition coefficient (Wildman–Crippen LogP) is 5.91. The first kappa shape index (κ1) is 41.5. The highest BCUT2D eigenvalue weighted by Crippen LogP contribution is 2.61. The lowest BCUT2D eigenvalue weighted by Crippen LogP contribution is -2.70. The van der Waals surface area contributed by atoms with E-state index in [0.29, 0.717) is 24.3 Å². The lowest BCUT2D eigenvalue weighted by atomic mass is 9.55. The standard InChI is InChI=1S/C41H55ClN2O10/c1-2-21-52-41-37(44(17-23-50-24-20-47)40(49)51-22-16-42)27-35(43-53-28-29-10-4-3-5-11-29)33-25-30(12-6-8-18-45)32(13-7-9-19-46)38(39(33)41)34-26-31(48)14-15-36(34)54-41/h2-5,10-11,14-15,25-26,30,32,37-39,45-48H,1,6-9,12-13,16-24,27-28H2. The molecule has 1 aliphatic heterocycles. The van der Waals surface area contributed by atoms with Crippen molar-refractivity contribution in [3.63, 3.8) is 0 Å². The van der Waals surface area contributed by atoms with Crippen LogP contribution in [-0.4, -0.2) is 108 Å². The number of ether oxygens (including phenoxy) is 4. The summed E-state index contributed by atoms with van der Waals surface area (Å²) in [5.41, 5.74) is 3.26. The van der Waals surface area contributed by atoms with E-state index in [0.717, 1.165) is 42.4 Å². The average molecular weight is 771 g/mol. The fourth-order valence-electron chi connectivity index (χ4n) is 8.33. The molecule has 0 radical (unpaired) electrons. The van der Waals surface area contributed by atoms with E-state index < -0.39 is 23.8 Å². The summed E-state index contributed by atoms with van der Waals surface area (Å²) < 4.78 is 25.3. The van der Waals surface area contributed by atoms with Crippen LogP contribution in [0, 0.1) is 17.8 Å². The molecule has 1 fully saturated rings. The summed E-state index contributed by atoms with van der Waals surface area (Å²) in [5, 5.41) is 44.7. The van der Waals surface area contributed by atoms with E-state index in [2.05, 4.69) is 12.7 Å². The summed E-state index contributed by atoms with van der Waals surface area (Å²) in [7, 11) is 0. The molecule has 2 aliphatic carbocycles. The number of allylic oxidation sites excluding steroid dienone is 1. The SMILES string of the molecule is C=CCOC12Oc3ccc(O)cc3C3C(CCCCO)C(CCCCO)C=C(C(=NOCc4ccccc4)CC1N(CCOCCO)C(=O)OCCCl)C32. The van der Waals surface area contributed by atoms with Crippen molar-refractivity contribution in [2.75, 3.05) is 58.7 Å². The minimum Gasteiger partial charge on any atom is -0.508 e. The maximum atomic E-state index is 14.1. The molecule has 0 aromatic heterocycles. The Bertz CT molecular complexity index is 1560. The van der Waals surface area contributed by atoms with E-state index in [1.165, 1.54) is 0 Å². The minimum atomic E-state index is -1.49. The van der Waals surface area contributed by atoms with Gasteiger partial charge in [-0.1, -0.05) is 60.5 Å². The molecule has 54 heavy (non-hydrogen) atoms. The lowest BCUT2D eigenvalue weighted by molar-refractivity contribution is -0.256. The third kappa shape index (κ3) is 9.77. The second-order valence-electron chi connectivity index (χ2n) is 13.9. The molecule has 3 aliphatic rings. The van der Waals surface area contributed by atoms with E-state index in [4.69, 9.17) is 40.5 Å². The summed E-state index contributed by atoms with van der Waals surface area (Å²) in [5.74, 6) is -1.54. The summed E-state index contributed by atoms with van der Waals surface area (Å²) in [6.45, 7) is 4.49. The molecule has 4 N–H and O–H groups in total. The van der Waals surface area contributed by atoms with Crippen molar-refractivity contribution in [2.24, 2.45) is 22.9 Å². The molecule has 5 rings (SSSR count). The average Bonchev–Trinajstić information content (AvgIpc) is 3.18. The maximum absolute atomic E-state index is 14.1. The Kier molecular flexibility index (Phi) is 16.0. The van der Waals surface area contributed by atoms with Gasteiger partial charge in [-0.2, -0.15) is 0 Å². The van der Waals surface area contributed by atoms with Crippen molar-refractivity contribution >= 4 is 23.4 Å². The third-order valence-electron chi connectivity index (χ3n) is 10.5. The van der Waals surface area contributed by atoms with Crippen LogP contribution in [0.25, 0.3) is 0 Å². The molecule has 2 aromatic carbocycles. The van der Waals surface area contributed by atoms with E-state index in [9.17, 15) is 25.2 Å². The molecule has 1 saturated carbocycles. The van der Waals surface area contributed by atoms with E-state index in [1.54, 1.807) is 29.2 Å². The molecule has 1 heterocycles. The van der Waals surface area contributed by atoms with Crippen molar-refractivity contribution in [1.82, 2.24) is 4.90 Å². The van der Waals surface area contributed by atoms with Gasteiger partial charge in [0.15, 0.2) is 0 Å². The highest BCUT2D eigenvalue weighted by Gasteiger charge is 2.65. The number of phenolic OH excluding ortho intramolecular Hbond substituents is 1. The van der Waals surface area contributed by atoms with Crippen molar-refractivity contribution in [3.05, 3.63) is 84.0 Å².